The summed E-state index contributed by atoms with van der Waals surface area (Å²) in [6.07, 6.45) is 0. The molecular weight excluding hydrogens is 519 g/mol. The zero-order valence-corrected chi connectivity index (χ0v) is 18.8. The van der Waals surface area contributed by atoms with Crippen molar-refractivity contribution >= 4 is 48.3 Å². The first-order chi connectivity index (χ1) is 13.2. The van der Waals surface area contributed by atoms with Crippen LogP contribution in [0.15, 0.2) is 52.3 Å². The van der Waals surface area contributed by atoms with Gasteiger partial charge in [0.25, 0.3) is 10.0 Å². The number of morpholine rings is 1. The molecule has 28 heavy (non-hydrogen) atoms. The van der Waals surface area contributed by atoms with E-state index in [-0.39, 0.29) is 15.5 Å². The zero-order chi connectivity index (χ0) is 20.4. The van der Waals surface area contributed by atoms with Crippen molar-refractivity contribution in [3.05, 3.63) is 46.0 Å². The second-order valence-electron chi connectivity index (χ2n) is 5.94. The maximum atomic E-state index is 12.6. The highest BCUT2D eigenvalue weighted by Gasteiger charge is 2.26. The molecule has 0 amide bonds. The van der Waals surface area contributed by atoms with Gasteiger partial charge < -0.3 is 9.47 Å². The molecule has 1 heterocycles. The van der Waals surface area contributed by atoms with Crippen LogP contribution in [0, 0.1) is 3.57 Å². The molecular formula is C17H19IN2O6S2. The average Bonchev–Trinajstić information content (AvgIpc) is 2.68. The summed E-state index contributed by atoms with van der Waals surface area (Å²) >= 11 is 1.99. The van der Waals surface area contributed by atoms with Crippen molar-refractivity contribution in [1.29, 1.82) is 0 Å². The lowest BCUT2D eigenvalue weighted by Crippen LogP contribution is -2.40. The van der Waals surface area contributed by atoms with Crippen molar-refractivity contribution in [1.82, 2.24) is 4.31 Å². The van der Waals surface area contributed by atoms with Crippen LogP contribution in [-0.4, -0.2) is 54.6 Å². The van der Waals surface area contributed by atoms with E-state index in [4.69, 9.17) is 9.47 Å². The Morgan fingerprint density at radius 2 is 1.61 bits per heavy atom. The van der Waals surface area contributed by atoms with Crippen LogP contribution in [0.2, 0.25) is 0 Å². The summed E-state index contributed by atoms with van der Waals surface area (Å²) in [5.74, 6) is 0.581. The molecule has 1 N–H and O–H groups in total. The summed E-state index contributed by atoms with van der Waals surface area (Å²) in [5, 5.41) is 0. The number of hydrogen-bond acceptors (Lipinski definition) is 6. The van der Waals surface area contributed by atoms with Gasteiger partial charge >= 0.3 is 0 Å². The number of ether oxygens (including phenoxy) is 2. The Balaban J connectivity index is 1.79. The van der Waals surface area contributed by atoms with Crippen LogP contribution in [0.1, 0.15) is 0 Å². The summed E-state index contributed by atoms with van der Waals surface area (Å²) in [5.41, 5.74) is 0.270. The molecule has 0 radical (unpaired) electrons. The fourth-order valence-corrected chi connectivity index (χ4v) is 6.10. The highest BCUT2D eigenvalue weighted by molar-refractivity contribution is 14.1. The lowest BCUT2D eigenvalue weighted by atomic mass is 10.3. The van der Waals surface area contributed by atoms with Crippen LogP contribution in [-0.2, 0) is 24.8 Å². The Morgan fingerprint density at radius 1 is 1.00 bits per heavy atom. The molecule has 0 spiro atoms. The molecule has 0 unspecified atom stereocenters. The molecule has 152 valence electrons. The van der Waals surface area contributed by atoms with Gasteiger partial charge in [-0.25, -0.2) is 16.8 Å². The van der Waals surface area contributed by atoms with Crippen molar-refractivity contribution in [3.63, 3.8) is 0 Å². The standard InChI is InChI=1S/C17H19IN2O6S2/c1-25-17-7-6-15(12-16(17)18)27(21,22)19-13-2-4-14(5-3-13)28(23,24)20-8-10-26-11-9-20/h2-7,12,19H,8-11H2,1H3. The number of anilines is 1. The summed E-state index contributed by atoms with van der Waals surface area (Å²) in [4.78, 5) is 0.194. The Hall–Kier alpha value is -1.41. The molecule has 2 aromatic rings. The molecule has 0 aliphatic carbocycles. The topological polar surface area (TPSA) is 102 Å². The van der Waals surface area contributed by atoms with Crippen molar-refractivity contribution in [3.8, 4) is 5.75 Å². The van der Waals surface area contributed by atoms with Crippen LogP contribution < -0.4 is 9.46 Å². The molecule has 0 bridgehead atoms. The third kappa shape index (κ3) is 4.59. The van der Waals surface area contributed by atoms with Gasteiger partial charge in [0, 0.05) is 18.8 Å². The van der Waals surface area contributed by atoms with E-state index in [2.05, 4.69) is 4.72 Å². The van der Waals surface area contributed by atoms with E-state index in [1.54, 1.807) is 6.07 Å². The van der Waals surface area contributed by atoms with Crippen LogP contribution in [0.5, 0.6) is 5.75 Å². The van der Waals surface area contributed by atoms with Crippen LogP contribution in [0.4, 0.5) is 5.69 Å². The highest BCUT2D eigenvalue weighted by atomic mass is 127. The summed E-state index contributed by atoms with van der Waals surface area (Å²) < 4.78 is 65.2. The van der Waals surface area contributed by atoms with Gasteiger partial charge in [0.05, 0.1) is 33.7 Å². The number of benzene rings is 2. The lowest BCUT2D eigenvalue weighted by molar-refractivity contribution is 0.0730. The van der Waals surface area contributed by atoms with E-state index in [1.807, 2.05) is 22.6 Å². The van der Waals surface area contributed by atoms with E-state index in [1.165, 1.54) is 47.8 Å². The van der Waals surface area contributed by atoms with Gasteiger partial charge in [0.15, 0.2) is 0 Å². The molecule has 8 nitrogen and oxygen atoms in total. The number of nitrogens with zero attached hydrogens (tertiary/aromatic N) is 1. The molecule has 3 rings (SSSR count). The van der Waals surface area contributed by atoms with E-state index in [9.17, 15) is 16.8 Å². The zero-order valence-electron chi connectivity index (χ0n) is 15.0. The molecule has 0 saturated carbocycles. The number of methoxy groups -OCH3 is 1. The van der Waals surface area contributed by atoms with Gasteiger partial charge in [-0.15, -0.1) is 0 Å². The Morgan fingerprint density at radius 3 is 2.18 bits per heavy atom. The number of rotatable bonds is 6. The predicted molar refractivity (Wildman–Crippen MR) is 113 cm³/mol. The Kier molecular flexibility index (Phi) is 6.49. The van der Waals surface area contributed by atoms with Gasteiger partial charge in [-0.2, -0.15) is 4.31 Å². The molecule has 0 atom stereocenters. The van der Waals surface area contributed by atoms with Gasteiger partial charge in [0.2, 0.25) is 10.0 Å². The largest absolute Gasteiger partial charge is 0.496 e. The molecule has 1 aliphatic rings. The number of nitrogens with one attached hydrogen (secondary N) is 1. The molecule has 2 aromatic carbocycles. The minimum absolute atomic E-state index is 0.0858. The second-order valence-corrected chi connectivity index (χ2v) is 10.7. The maximum Gasteiger partial charge on any atom is 0.261 e. The van der Waals surface area contributed by atoms with E-state index in [0.29, 0.717) is 35.6 Å². The number of hydrogen-bond donors (Lipinski definition) is 1. The fourth-order valence-electron chi connectivity index (χ4n) is 2.66. The van der Waals surface area contributed by atoms with Crippen molar-refractivity contribution in [2.45, 2.75) is 9.79 Å². The van der Waals surface area contributed by atoms with E-state index < -0.39 is 20.0 Å². The number of halogens is 1. The van der Waals surface area contributed by atoms with E-state index >= 15 is 0 Å². The second kappa shape index (κ2) is 8.53. The van der Waals surface area contributed by atoms with E-state index in [0.717, 1.165) is 0 Å². The molecule has 0 aromatic heterocycles. The van der Waals surface area contributed by atoms with Gasteiger partial charge in [-0.1, -0.05) is 0 Å². The van der Waals surface area contributed by atoms with Gasteiger partial charge in [-0.3, -0.25) is 4.72 Å². The average molecular weight is 538 g/mol. The van der Waals surface area contributed by atoms with Gasteiger partial charge in [-0.05, 0) is 65.1 Å². The third-order valence-electron chi connectivity index (χ3n) is 4.15. The molecule has 1 fully saturated rings. The molecule has 1 aliphatic heterocycles. The monoisotopic (exact) mass is 538 g/mol. The van der Waals surface area contributed by atoms with Crippen LogP contribution >= 0.6 is 22.6 Å². The molecule has 1 saturated heterocycles. The minimum Gasteiger partial charge on any atom is -0.496 e. The third-order valence-corrected chi connectivity index (χ3v) is 8.28. The van der Waals surface area contributed by atoms with Crippen LogP contribution in [0.25, 0.3) is 0 Å². The first-order valence-electron chi connectivity index (χ1n) is 8.28. The SMILES string of the molecule is COc1ccc(S(=O)(=O)Nc2ccc(S(=O)(=O)N3CCOCC3)cc2)cc1I. The Labute approximate surface area is 178 Å². The first kappa shape index (κ1) is 21.3. The smallest absolute Gasteiger partial charge is 0.261 e. The predicted octanol–water partition coefficient (Wildman–Crippen LogP) is 2.12. The van der Waals surface area contributed by atoms with Crippen molar-refractivity contribution in [2.24, 2.45) is 0 Å². The summed E-state index contributed by atoms with van der Waals surface area (Å²) in [6, 6.07) is 10.2. The van der Waals surface area contributed by atoms with Crippen molar-refractivity contribution in [2.75, 3.05) is 38.1 Å². The highest BCUT2D eigenvalue weighted by Crippen LogP contribution is 2.26. The normalized spacial score (nSPS) is 15.9. The van der Waals surface area contributed by atoms with Crippen LogP contribution in [0.3, 0.4) is 0 Å². The fraction of sp³-hybridized carbons (Fsp3) is 0.294. The quantitative estimate of drug-likeness (QED) is 0.566. The summed E-state index contributed by atoms with van der Waals surface area (Å²) in [7, 11) is -5.93. The minimum atomic E-state index is -3.82. The molecule has 11 heteroatoms. The van der Waals surface area contributed by atoms with Gasteiger partial charge in [0.1, 0.15) is 5.75 Å². The Bertz CT molecular complexity index is 1050. The number of sulfonamides is 2. The summed E-state index contributed by atoms with van der Waals surface area (Å²) in [6.45, 7) is 1.31. The van der Waals surface area contributed by atoms with Crippen molar-refractivity contribution < 1.29 is 26.3 Å². The first-order valence-corrected chi connectivity index (χ1v) is 12.3. The maximum absolute atomic E-state index is 12.6. The lowest BCUT2D eigenvalue weighted by Gasteiger charge is -2.26.